The van der Waals surface area contributed by atoms with Crippen LogP contribution in [0.4, 0.5) is 0 Å². The predicted molar refractivity (Wildman–Crippen MR) is 82.9 cm³/mol. The summed E-state index contributed by atoms with van der Waals surface area (Å²) in [5.41, 5.74) is 7.46. The lowest BCUT2D eigenvalue weighted by molar-refractivity contribution is 0.140. The molecule has 3 atom stereocenters. The van der Waals surface area contributed by atoms with E-state index in [1.54, 1.807) is 7.11 Å². The molecule has 0 aliphatic rings. The third-order valence-corrected chi connectivity index (χ3v) is 3.69. The molecule has 0 spiro atoms. The average molecular weight is 280 g/mol. The lowest BCUT2D eigenvalue weighted by Crippen LogP contribution is -2.39. The Labute approximate surface area is 122 Å². The van der Waals surface area contributed by atoms with E-state index in [-0.39, 0.29) is 18.2 Å². The zero-order valence-electron chi connectivity index (χ0n) is 13.0. The molecule has 114 valence electrons. The van der Waals surface area contributed by atoms with E-state index < -0.39 is 0 Å². The highest BCUT2D eigenvalue weighted by Crippen LogP contribution is 2.27. The molecule has 0 saturated heterocycles. The standard InChI is InChI=1S/C16H28N2O2/c1-5-15(17)16(18(3)10-9-12(2)19)13-7-6-8-14(11-13)20-4/h6-8,11-12,15-16,19H,5,9-10,17H2,1-4H3. The van der Waals surface area contributed by atoms with Gasteiger partial charge in [-0.2, -0.15) is 0 Å². The van der Waals surface area contributed by atoms with Crippen LogP contribution in [-0.2, 0) is 0 Å². The summed E-state index contributed by atoms with van der Waals surface area (Å²) in [5.74, 6) is 0.847. The van der Waals surface area contributed by atoms with Crippen molar-refractivity contribution in [1.82, 2.24) is 4.90 Å². The zero-order valence-corrected chi connectivity index (χ0v) is 13.0. The van der Waals surface area contributed by atoms with Crippen molar-refractivity contribution < 1.29 is 9.84 Å². The van der Waals surface area contributed by atoms with Crippen LogP contribution in [0.15, 0.2) is 24.3 Å². The first-order valence-corrected chi connectivity index (χ1v) is 7.27. The monoisotopic (exact) mass is 280 g/mol. The highest BCUT2D eigenvalue weighted by atomic mass is 16.5. The van der Waals surface area contributed by atoms with Crippen molar-refractivity contribution in [1.29, 1.82) is 0 Å². The Morgan fingerprint density at radius 2 is 2.10 bits per heavy atom. The Balaban J connectivity index is 2.92. The van der Waals surface area contributed by atoms with Crippen LogP contribution >= 0.6 is 0 Å². The Bertz CT molecular complexity index is 396. The van der Waals surface area contributed by atoms with Gasteiger partial charge in [0.25, 0.3) is 0 Å². The molecular formula is C16H28N2O2. The van der Waals surface area contributed by atoms with E-state index in [2.05, 4.69) is 24.9 Å². The highest BCUT2D eigenvalue weighted by molar-refractivity contribution is 5.31. The molecule has 3 unspecified atom stereocenters. The number of likely N-dealkylation sites (N-methyl/N-ethyl adjacent to an activating group) is 1. The molecule has 1 rings (SSSR count). The topological polar surface area (TPSA) is 58.7 Å². The number of nitrogens with zero attached hydrogens (tertiary/aromatic N) is 1. The van der Waals surface area contributed by atoms with Gasteiger partial charge in [-0.15, -0.1) is 0 Å². The summed E-state index contributed by atoms with van der Waals surface area (Å²) in [7, 11) is 3.73. The molecule has 4 nitrogen and oxygen atoms in total. The van der Waals surface area contributed by atoms with E-state index in [4.69, 9.17) is 10.5 Å². The van der Waals surface area contributed by atoms with E-state index >= 15 is 0 Å². The number of hydrogen-bond acceptors (Lipinski definition) is 4. The second-order valence-corrected chi connectivity index (χ2v) is 5.41. The van der Waals surface area contributed by atoms with Gasteiger partial charge in [-0.3, -0.25) is 4.90 Å². The average Bonchev–Trinajstić information content (AvgIpc) is 2.45. The summed E-state index contributed by atoms with van der Waals surface area (Å²) >= 11 is 0. The van der Waals surface area contributed by atoms with Gasteiger partial charge < -0.3 is 15.6 Å². The molecule has 0 bridgehead atoms. The molecule has 0 saturated carbocycles. The molecular weight excluding hydrogens is 252 g/mol. The fourth-order valence-electron chi connectivity index (χ4n) is 2.41. The number of aliphatic hydroxyl groups is 1. The number of ether oxygens (including phenoxy) is 1. The minimum atomic E-state index is -0.290. The minimum Gasteiger partial charge on any atom is -0.497 e. The van der Waals surface area contributed by atoms with Crippen LogP contribution in [0.2, 0.25) is 0 Å². The largest absolute Gasteiger partial charge is 0.497 e. The van der Waals surface area contributed by atoms with Crippen molar-refractivity contribution in [2.24, 2.45) is 5.73 Å². The molecule has 0 aliphatic heterocycles. The van der Waals surface area contributed by atoms with E-state index in [9.17, 15) is 5.11 Å². The van der Waals surface area contributed by atoms with E-state index in [1.165, 1.54) is 0 Å². The second kappa shape index (κ2) is 8.25. The SMILES string of the molecule is CCC(N)C(c1cccc(OC)c1)N(C)CCC(C)O. The second-order valence-electron chi connectivity index (χ2n) is 5.41. The Hall–Kier alpha value is -1.10. The maximum absolute atomic E-state index is 9.45. The highest BCUT2D eigenvalue weighted by Gasteiger charge is 2.23. The van der Waals surface area contributed by atoms with Crippen LogP contribution in [-0.4, -0.2) is 42.9 Å². The predicted octanol–water partition coefficient (Wildman–Crippen LogP) is 2.18. The Morgan fingerprint density at radius 3 is 2.65 bits per heavy atom. The third-order valence-electron chi connectivity index (χ3n) is 3.69. The van der Waals surface area contributed by atoms with E-state index in [1.807, 2.05) is 25.1 Å². The lowest BCUT2D eigenvalue weighted by atomic mass is 9.96. The summed E-state index contributed by atoms with van der Waals surface area (Å²) in [6, 6.07) is 8.25. The summed E-state index contributed by atoms with van der Waals surface area (Å²) in [5, 5.41) is 9.45. The number of nitrogens with two attached hydrogens (primary N) is 1. The van der Waals surface area contributed by atoms with Gasteiger partial charge in [0.05, 0.1) is 13.2 Å². The van der Waals surface area contributed by atoms with E-state index in [0.29, 0.717) is 0 Å². The number of methoxy groups -OCH3 is 1. The van der Waals surface area contributed by atoms with Crippen LogP contribution < -0.4 is 10.5 Å². The van der Waals surface area contributed by atoms with Crippen molar-refractivity contribution in [3.63, 3.8) is 0 Å². The van der Waals surface area contributed by atoms with Gasteiger partial charge in [0.15, 0.2) is 0 Å². The van der Waals surface area contributed by atoms with Gasteiger partial charge in [-0.05, 0) is 44.5 Å². The van der Waals surface area contributed by atoms with Crippen molar-refractivity contribution >= 4 is 0 Å². The number of benzene rings is 1. The van der Waals surface area contributed by atoms with Crippen LogP contribution in [0, 0.1) is 0 Å². The Morgan fingerprint density at radius 1 is 1.40 bits per heavy atom. The molecule has 0 aromatic heterocycles. The van der Waals surface area contributed by atoms with Gasteiger partial charge in [-0.1, -0.05) is 19.1 Å². The van der Waals surface area contributed by atoms with Crippen molar-refractivity contribution in [3.8, 4) is 5.75 Å². The number of aliphatic hydroxyl groups excluding tert-OH is 1. The molecule has 0 heterocycles. The molecule has 1 aromatic carbocycles. The summed E-state index contributed by atoms with van der Waals surface area (Å²) < 4.78 is 5.30. The maximum Gasteiger partial charge on any atom is 0.119 e. The number of hydrogen-bond donors (Lipinski definition) is 2. The molecule has 3 N–H and O–H groups in total. The third kappa shape index (κ3) is 4.78. The van der Waals surface area contributed by atoms with Gasteiger partial charge in [-0.25, -0.2) is 0 Å². The lowest BCUT2D eigenvalue weighted by Gasteiger charge is -2.33. The van der Waals surface area contributed by atoms with Crippen LogP contribution in [0.25, 0.3) is 0 Å². The molecule has 0 radical (unpaired) electrons. The van der Waals surface area contributed by atoms with Crippen LogP contribution in [0.3, 0.4) is 0 Å². The number of rotatable bonds is 8. The summed E-state index contributed by atoms with van der Waals surface area (Å²) in [6.45, 7) is 4.72. The molecule has 0 fully saturated rings. The summed E-state index contributed by atoms with van der Waals surface area (Å²) in [4.78, 5) is 2.22. The van der Waals surface area contributed by atoms with Crippen LogP contribution in [0.5, 0.6) is 5.75 Å². The maximum atomic E-state index is 9.45. The van der Waals surface area contributed by atoms with Gasteiger partial charge in [0.2, 0.25) is 0 Å². The van der Waals surface area contributed by atoms with Gasteiger partial charge in [0.1, 0.15) is 5.75 Å². The minimum absolute atomic E-state index is 0.0566. The molecule has 4 heteroatoms. The van der Waals surface area contributed by atoms with Gasteiger partial charge in [0, 0.05) is 18.6 Å². The first-order chi connectivity index (χ1) is 9.49. The fraction of sp³-hybridized carbons (Fsp3) is 0.625. The molecule has 20 heavy (non-hydrogen) atoms. The van der Waals surface area contributed by atoms with Crippen LogP contribution in [0.1, 0.15) is 38.3 Å². The quantitative estimate of drug-likeness (QED) is 0.766. The Kier molecular flexibility index (Phi) is 6.99. The first-order valence-electron chi connectivity index (χ1n) is 7.27. The molecule has 1 aromatic rings. The van der Waals surface area contributed by atoms with Crippen molar-refractivity contribution in [2.75, 3.05) is 20.7 Å². The van der Waals surface area contributed by atoms with E-state index in [0.717, 1.165) is 30.7 Å². The normalized spacial score (nSPS) is 15.9. The van der Waals surface area contributed by atoms with Crippen molar-refractivity contribution in [2.45, 2.75) is 44.9 Å². The molecule has 0 aliphatic carbocycles. The first kappa shape index (κ1) is 17.0. The molecule has 0 amide bonds. The zero-order chi connectivity index (χ0) is 15.1. The van der Waals surface area contributed by atoms with Gasteiger partial charge >= 0.3 is 0 Å². The fourth-order valence-corrected chi connectivity index (χ4v) is 2.41. The van der Waals surface area contributed by atoms with Crippen molar-refractivity contribution in [3.05, 3.63) is 29.8 Å². The summed E-state index contributed by atoms with van der Waals surface area (Å²) in [6.07, 6.45) is 1.36. The smallest absolute Gasteiger partial charge is 0.119 e.